The fourth-order valence-electron chi connectivity index (χ4n) is 5.71. The predicted octanol–water partition coefficient (Wildman–Crippen LogP) is 10.7. The monoisotopic (exact) mass is 559 g/mol. The van der Waals surface area contributed by atoms with E-state index < -0.39 is 0 Å². The highest BCUT2D eigenvalue weighted by Gasteiger charge is 2.19. The van der Waals surface area contributed by atoms with Crippen molar-refractivity contribution in [3.63, 3.8) is 0 Å². The van der Waals surface area contributed by atoms with Crippen LogP contribution in [0.25, 0.3) is 67.2 Å². The van der Waals surface area contributed by atoms with Crippen LogP contribution >= 0.6 is 0 Å². The lowest BCUT2D eigenvalue weighted by Gasteiger charge is -2.11. The summed E-state index contributed by atoms with van der Waals surface area (Å²) in [5.74, 6) is 1.39. The Morgan fingerprint density at radius 2 is 0.907 bits per heavy atom. The number of fused-ring (bicyclic) bond motifs is 2. The first-order valence-corrected chi connectivity index (χ1v) is 14.9. The summed E-state index contributed by atoms with van der Waals surface area (Å²) in [5.41, 5.74) is 13.2. The summed E-state index contributed by atoms with van der Waals surface area (Å²) in [6, 6.07) is 39.7. The molecule has 0 N–H and O–H groups in total. The number of benzene rings is 5. The minimum Gasteiger partial charge on any atom is -0.436 e. The zero-order valence-electron chi connectivity index (χ0n) is 24.9. The maximum atomic E-state index is 6.40. The van der Waals surface area contributed by atoms with Gasteiger partial charge in [-0.15, -0.1) is 0 Å². The van der Waals surface area contributed by atoms with Gasteiger partial charge in [-0.2, -0.15) is 0 Å². The molecule has 0 unspecified atom stereocenters. The summed E-state index contributed by atoms with van der Waals surface area (Å²) in [6.07, 6.45) is 0. The molecule has 0 aliphatic heterocycles. The normalized spacial score (nSPS) is 11.7. The molecule has 0 fully saturated rings. The molecule has 210 valence electrons. The van der Waals surface area contributed by atoms with Gasteiger partial charge in [0.25, 0.3) is 0 Å². The van der Waals surface area contributed by atoms with Crippen LogP contribution in [0.1, 0.15) is 50.7 Å². The van der Waals surface area contributed by atoms with E-state index in [0.29, 0.717) is 17.7 Å². The van der Waals surface area contributed by atoms with Crippen LogP contribution in [0.3, 0.4) is 0 Å². The lowest BCUT2D eigenvalue weighted by molar-refractivity contribution is 0.611. The molecule has 0 radical (unpaired) electrons. The number of oxazole rings is 1. The maximum absolute atomic E-state index is 6.40. The molecule has 0 bridgehead atoms. The van der Waals surface area contributed by atoms with Gasteiger partial charge < -0.3 is 4.42 Å². The highest BCUT2D eigenvalue weighted by molar-refractivity contribution is 5.87. The Kier molecular flexibility index (Phi) is 6.83. The second-order valence-corrected chi connectivity index (χ2v) is 11.7. The van der Waals surface area contributed by atoms with Crippen molar-refractivity contribution < 1.29 is 4.42 Å². The number of nitrogens with zero attached hydrogens (tertiary/aromatic N) is 3. The number of rotatable bonds is 6. The summed E-state index contributed by atoms with van der Waals surface area (Å²) >= 11 is 0. The summed E-state index contributed by atoms with van der Waals surface area (Å²) in [6.45, 7) is 8.79. The molecule has 0 aliphatic rings. The Labute approximate surface area is 252 Å². The van der Waals surface area contributed by atoms with Gasteiger partial charge in [0.1, 0.15) is 5.52 Å². The molecule has 2 heterocycles. The number of hydrogen-bond acceptors (Lipinski definition) is 4. The minimum absolute atomic E-state index is 0.360. The van der Waals surface area contributed by atoms with E-state index in [-0.39, 0.29) is 0 Å². The van der Waals surface area contributed by atoms with Gasteiger partial charge in [-0.1, -0.05) is 119 Å². The third-order valence-electron chi connectivity index (χ3n) is 8.09. The average molecular weight is 560 g/mol. The summed E-state index contributed by atoms with van der Waals surface area (Å²) < 4.78 is 6.40. The van der Waals surface area contributed by atoms with E-state index in [0.717, 1.165) is 61.3 Å². The molecule has 0 aliphatic carbocycles. The quantitative estimate of drug-likeness (QED) is 0.203. The van der Waals surface area contributed by atoms with E-state index in [9.17, 15) is 0 Å². The second-order valence-electron chi connectivity index (χ2n) is 11.7. The molecule has 0 spiro atoms. The zero-order chi connectivity index (χ0) is 29.5. The van der Waals surface area contributed by atoms with E-state index >= 15 is 0 Å². The lowest BCUT2D eigenvalue weighted by Crippen LogP contribution is -1.95. The standard InChI is InChI=1S/C39H33N3O/c1-24(2)31-22-23-32(25(3)4)38-37(31)42-39(43-38)30-20-16-27(17-21-30)26-14-18-29(19-15-26)36-35(28-10-6-5-7-11-28)40-33-12-8-9-13-34(33)41-36/h5-25H,1-4H3. The van der Waals surface area contributed by atoms with Crippen LogP contribution in [0.4, 0.5) is 0 Å². The van der Waals surface area contributed by atoms with Gasteiger partial charge in [-0.05, 0) is 58.4 Å². The SMILES string of the molecule is CC(C)c1ccc(C(C)C)c2oc(-c3ccc(-c4ccc(-c5nc6ccccc6nc5-c5ccccc5)cc4)cc3)nc12. The Hall–Kier alpha value is -5.09. The van der Waals surface area contributed by atoms with Crippen LogP contribution in [-0.2, 0) is 0 Å². The molecule has 43 heavy (non-hydrogen) atoms. The van der Waals surface area contributed by atoms with Crippen LogP contribution in [-0.4, -0.2) is 15.0 Å². The van der Waals surface area contributed by atoms with E-state index in [1.165, 1.54) is 11.1 Å². The smallest absolute Gasteiger partial charge is 0.227 e. The molecule has 2 aromatic heterocycles. The first kappa shape index (κ1) is 26.8. The number of para-hydroxylation sites is 2. The molecule has 4 nitrogen and oxygen atoms in total. The third kappa shape index (κ3) is 4.99. The molecular formula is C39H33N3O. The van der Waals surface area contributed by atoms with Crippen LogP contribution < -0.4 is 0 Å². The van der Waals surface area contributed by atoms with Crippen LogP contribution in [0.5, 0.6) is 0 Å². The third-order valence-corrected chi connectivity index (χ3v) is 8.09. The molecule has 5 aromatic carbocycles. The molecule has 0 amide bonds. The van der Waals surface area contributed by atoms with Gasteiger partial charge >= 0.3 is 0 Å². The highest BCUT2D eigenvalue weighted by atomic mass is 16.3. The molecule has 7 aromatic rings. The molecule has 0 saturated carbocycles. The largest absolute Gasteiger partial charge is 0.436 e. The summed E-state index contributed by atoms with van der Waals surface area (Å²) in [5, 5.41) is 0. The van der Waals surface area contributed by atoms with Crippen molar-refractivity contribution in [2.75, 3.05) is 0 Å². The summed E-state index contributed by atoms with van der Waals surface area (Å²) in [7, 11) is 0. The van der Waals surface area contributed by atoms with E-state index in [1.54, 1.807) is 0 Å². The number of aromatic nitrogens is 3. The topological polar surface area (TPSA) is 51.8 Å². The maximum Gasteiger partial charge on any atom is 0.227 e. The van der Waals surface area contributed by atoms with E-state index in [4.69, 9.17) is 19.4 Å². The fraction of sp³-hybridized carbons (Fsp3) is 0.154. The van der Waals surface area contributed by atoms with Gasteiger partial charge in [-0.3, -0.25) is 0 Å². The van der Waals surface area contributed by atoms with Gasteiger partial charge in [0.15, 0.2) is 5.58 Å². The lowest BCUT2D eigenvalue weighted by atomic mass is 9.95. The first-order valence-electron chi connectivity index (χ1n) is 14.9. The van der Waals surface area contributed by atoms with Crippen molar-refractivity contribution >= 4 is 22.1 Å². The minimum atomic E-state index is 0.360. The Bertz CT molecular complexity index is 2010. The van der Waals surface area contributed by atoms with Crippen LogP contribution in [0, 0.1) is 0 Å². The van der Waals surface area contributed by atoms with Crippen molar-refractivity contribution in [3.8, 4) is 45.1 Å². The predicted molar refractivity (Wildman–Crippen MR) is 177 cm³/mol. The molecule has 4 heteroatoms. The molecular weight excluding hydrogens is 526 g/mol. The zero-order valence-corrected chi connectivity index (χ0v) is 24.9. The van der Waals surface area contributed by atoms with Gasteiger partial charge in [-0.25, -0.2) is 15.0 Å². The van der Waals surface area contributed by atoms with E-state index in [1.807, 2.05) is 42.5 Å². The van der Waals surface area contributed by atoms with E-state index in [2.05, 4.69) is 100 Å². The van der Waals surface area contributed by atoms with Crippen molar-refractivity contribution in [1.29, 1.82) is 0 Å². The fourth-order valence-corrected chi connectivity index (χ4v) is 5.71. The molecule has 7 rings (SSSR count). The molecule has 0 saturated heterocycles. The van der Waals surface area contributed by atoms with Gasteiger partial charge in [0, 0.05) is 16.7 Å². The van der Waals surface area contributed by atoms with Crippen molar-refractivity contribution in [1.82, 2.24) is 15.0 Å². The Balaban J connectivity index is 1.22. The second kappa shape index (κ2) is 11.0. The van der Waals surface area contributed by atoms with Gasteiger partial charge in [0.05, 0.1) is 22.4 Å². The molecule has 0 atom stereocenters. The Morgan fingerprint density at radius 3 is 1.47 bits per heavy atom. The van der Waals surface area contributed by atoms with Crippen LogP contribution in [0.2, 0.25) is 0 Å². The van der Waals surface area contributed by atoms with Gasteiger partial charge in [0.2, 0.25) is 5.89 Å². The first-order chi connectivity index (χ1) is 21.0. The van der Waals surface area contributed by atoms with Crippen molar-refractivity contribution in [2.45, 2.75) is 39.5 Å². The number of hydrogen-bond donors (Lipinski definition) is 0. The summed E-state index contributed by atoms with van der Waals surface area (Å²) in [4.78, 5) is 15.0. The highest BCUT2D eigenvalue weighted by Crippen LogP contribution is 2.36. The van der Waals surface area contributed by atoms with Crippen molar-refractivity contribution in [3.05, 3.63) is 126 Å². The van der Waals surface area contributed by atoms with Crippen LogP contribution in [0.15, 0.2) is 120 Å². The Morgan fingerprint density at radius 1 is 0.442 bits per heavy atom. The van der Waals surface area contributed by atoms with Crippen molar-refractivity contribution in [2.24, 2.45) is 0 Å². The average Bonchev–Trinajstić information content (AvgIpc) is 3.49.